The monoisotopic (exact) mass is 214 g/mol. The molecule has 2 atom stereocenters. The van der Waals surface area contributed by atoms with Gasteiger partial charge in [0, 0.05) is 13.0 Å². The van der Waals surface area contributed by atoms with Crippen LogP contribution in [0.15, 0.2) is 54.6 Å². The zero-order valence-corrected chi connectivity index (χ0v) is 9.17. The van der Waals surface area contributed by atoms with Gasteiger partial charge < -0.3 is 4.74 Å². The fourth-order valence-electron chi connectivity index (χ4n) is 2.02. The lowest BCUT2D eigenvalue weighted by molar-refractivity contribution is -0.123. The van der Waals surface area contributed by atoms with Crippen molar-refractivity contribution >= 4 is 6.29 Å². The number of aldehydes is 1. The Hall–Kier alpha value is -1.67. The summed E-state index contributed by atoms with van der Waals surface area (Å²) in [7, 11) is 1.56. The van der Waals surface area contributed by atoms with Crippen molar-refractivity contribution in [3.8, 4) is 0 Å². The Labute approximate surface area is 95.2 Å². The molecule has 0 spiro atoms. The number of hydrogen-bond acceptors (Lipinski definition) is 2. The maximum atomic E-state index is 11.3. The smallest absolute Gasteiger partial charge is 0.156 e. The normalized spacial score (nSPS) is 27.9. The minimum atomic E-state index is -0.865. The van der Waals surface area contributed by atoms with Crippen LogP contribution in [0.5, 0.6) is 0 Å². The van der Waals surface area contributed by atoms with E-state index in [1.165, 1.54) is 0 Å². The highest BCUT2D eigenvalue weighted by Crippen LogP contribution is 2.34. The Bertz CT molecular complexity index is 420. The van der Waals surface area contributed by atoms with Crippen molar-refractivity contribution in [1.29, 1.82) is 0 Å². The zero-order valence-electron chi connectivity index (χ0n) is 9.17. The van der Waals surface area contributed by atoms with Crippen molar-refractivity contribution < 1.29 is 9.53 Å². The molecule has 1 aromatic rings. The van der Waals surface area contributed by atoms with Crippen molar-refractivity contribution in [2.75, 3.05) is 7.11 Å². The van der Waals surface area contributed by atoms with Crippen LogP contribution in [0.25, 0.3) is 0 Å². The van der Waals surface area contributed by atoms with Crippen molar-refractivity contribution in [3.63, 3.8) is 0 Å². The second-order valence-corrected chi connectivity index (χ2v) is 3.81. The van der Waals surface area contributed by atoms with E-state index in [9.17, 15) is 4.79 Å². The van der Waals surface area contributed by atoms with Gasteiger partial charge in [-0.25, -0.2) is 0 Å². The first kappa shape index (κ1) is 10.8. The number of ether oxygens (including phenoxy) is 1. The highest BCUT2D eigenvalue weighted by Gasteiger charge is 2.37. The summed E-state index contributed by atoms with van der Waals surface area (Å²) in [6.07, 6.45) is 8.45. The van der Waals surface area contributed by atoms with E-state index in [0.717, 1.165) is 11.8 Å². The summed E-state index contributed by atoms with van der Waals surface area (Å²) in [5, 5.41) is 0. The molecule has 0 aliphatic heterocycles. The fraction of sp³-hybridized carbons (Fsp3) is 0.214. The summed E-state index contributed by atoms with van der Waals surface area (Å²) < 4.78 is 5.39. The Morgan fingerprint density at radius 1 is 1.25 bits per heavy atom. The maximum absolute atomic E-state index is 11.3. The van der Waals surface area contributed by atoms with Gasteiger partial charge in [0.25, 0.3) is 0 Å². The molecule has 82 valence electrons. The first-order valence-corrected chi connectivity index (χ1v) is 5.25. The lowest BCUT2D eigenvalue weighted by Gasteiger charge is -2.32. The van der Waals surface area contributed by atoms with E-state index in [-0.39, 0.29) is 5.92 Å². The third-order valence-electron chi connectivity index (χ3n) is 2.95. The Balaban J connectivity index is 2.43. The molecule has 0 radical (unpaired) electrons. The van der Waals surface area contributed by atoms with E-state index in [0.29, 0.717) is 0 Å². The molecule has 2 nitrogen and oxygen atoms in total. The molecule has 2 unspecified atom stereocenters. The van der Waals surface area contributed by atoms with E-state index in [1.807, 2.05) is 48.6 Å². The Kier molecular flexibility index (Phi) is 3.02. The first-order valence-electron chi connectivity index (χ1n) is 5.25. The molecule has 0 aromatic heterocycles. The first-order chi connectivity index (χ1) is 7.82. The van der Waals surface area contributed by atoms with Crippen LogP contribution in [0.4, 0.5) is 0 Å². The number of carbonyl (C=O) groups excluding carboxylic acids is 1. The summed E-state index contributed by atoms with van der Waals surface area (Å²) in [6, 6.07) is 9.90. The molecule has 0 heterocycles. The van der Waals surface area contributed by atoms with Crippen molar-refractivity contribution in [2.45, 2.75) is 11.5 Å². The van der Waals surface area contributed by atoms with Crippen LogP contribution in [0.1, 0.15) is 11.5 Å². The lowest BCUT2D eigenvalue weighted by atomic mass is 9.80. The quantitative estimate of drug-likeness (QED) is 0.722. The molecule has 0 bridgehead atoms. The van der Waals surface area contributed by atoms with Gasteiger partial charge in [-0.1, -0.05) is 48.6 Å². The van der Waals surface area contributed by atoms with Crippen LogP contribution in [0, 0.1) is 0 Å². The van der Waals surface area contributed by atoms with Crippen LogP contribution in [0.2, 0.25) is 0 Å². The van der Waals surface area contributed by atoms with Crippen LogP contribution in [-0.4, -0.2) is 19.0 Å². The molecule has 0 amide bonds. The molecule has 1 aliphatic carbocycles. The number of benzene rings is 1. The molecule has 2 rings (SSSR count). The van der Waals surface area contributed by atoms with E-state index in [1.54, 1.807) is 13.2 Å². The average Bonchev–Trinajstić information content (AvgIpc) is 2.39. The molecule has 0 saturated heterocycles. The predicted octanol–water partition coefficient (Wildman–Crippen LogP) is 2.48. The van der Waals surface area contributed by atoms with E-state index >= 15 is 0 Å². The Morgan fingerprint density at radius 3 is 2.62 bits per heavy atom. The minimum absolute atomic E-state index is 0.0544. The van der Waals surface area contributed by atoms with Gasteiger partial charge in [-0.15, -0.1) is 0 Å². The summed E-state index contributed by atoms with van der Waals surface area (Å²) in [6.45, 7) is 0. The van der Waals surface area contributed by atoms with Gasteiger partial charge in [-0.2, -0.15) is 0 Å². The number of hydrogen-bond donors (Lipinski definition) is 0. The Morgan fingerprint density at radius 2 is 2.00 bits per heavy atom. The van der Waals surface area contributed by atoms with E-state index in [2.05, 4.69) is 0 Å². The molecule has 1 aliphatic rings. The summed E-state index contributed by atoms with van der Waals surface area (Å²) in [4.78, 5) is 11.3. The van der Waals surface area contributed by atoms with Crippen molar-refractivity contribution in [2.24, 2.45) is 0 Å². The molecule has 1 aromatic carbocycles. The average molecular weight is 214 g/mol. The van der Waals surface area contributed by atoms with Gasteiger partial charge in [0.05, 0.1) is 0 Å². The van der Waals surface area contributed by atoms with Gasteiger partial charge in [-0.05, 0) is 11.6 Å². The van der Waals surface area contributed by atoms with Crippen molar-refractivity contribution in [3.05, 3.63) is 60.2 Å². The largest absolute Gasteiger partial charge is 0.366 e. The van der Waals surface area contributed by atoms with Crippen LogP contribution >= 0.6 is 0 Å². The third kappa shape index (κ3) is 1.72. The number of carbonyl (C=O) groups is 1. The maximum Gasteiger partial charge on any atom is 0.156 e. The van der Waals surface area contributed by atoms with Crippen LogP contribution in [0.3, 0.4) is 0 Å². The molecule has 0 saturated carbocycles. The standard InChI is InChI=1S/C14H14O2/c1-16-14(11-15)10-6-5-9-13(14)12-7-3-2-4-8-12/h2-11,13H,1H3. The summed E-state index contributed by atoms with van der Waals surface area (Å²) in [5.41, 5.74) is 0.216. The summed E-state index contributed by atoms with van der Waals surface area (Å²) in [5.74, 6) is -0.0544. The third-order valence-corrected chi connectivity index (χ3v) is 2.95. The topological polar surface area (TPSA) is 26.3 Å². The van der Waals surface area contributed by atoms with Gasteiger partial charge in [0.2, 0.25) is 0 Å². The second-order valence-electron chi connectivity index (χ2n) is 3.81. The SMILES string of the molecule is COC1(C=O)C=CC=CC1c1ccccc1. The molecule has 0 N–H and O–H groups in total. The predicted molar refractivity (Wildman–Crippen MR) is 63.3 cm³/mol. The van der Waals surface area contributed by atoms with E-state index < -0.39 is 5.60 Å². The molecular formula is C14H14O2. The molecule has 16 heavy (non-hydrogen) atoms. The summed E-state index contributed by atoms with van der Waals surface area (Å²) >= 11 is 0. The van der Waals surface area contributed by atoms with Crippen molar-refractivity contribution in [1.82, 2.24) is 0 Å². The number of methoxy groups -OCH3 is 1. The highest BCUT2D eigenvalue weighted by atomic mass is 16.5. The fourth-order valence-corrected chi connectivity index (χ4v) is 2.02. The number of rotatable bonds is 3. The minimum Gasteiger partial charge on any atom is -0.366 e. The molecule has 2 heteroatoms. The molecular weight excluding hydrogens is 200 g/mol. The zero-order chi connectivity index (χ0) is 11.4. The van der Waals surface area contributed by atoms with Gasteiger partial charge in [0.1, 0.15) is 0 Å². The highest BCUT2D eigenvalue weighted by molar-refractivity contribution is 5.71. The van der Waals surface area contributed by atoms with Gasteiger partial charge in [-0.3, -0.25) is 4.79 Å². The molecule has 0 fully saturated rings. The lowest BCUT2D eigenvalue weighted by Crippen LogP contribution is -2.38. The van der Waals surface area contributed by atoms with Crippen LogP contribution < -0.4 is 0 Å². The van der Waals surface area contributed by atoms with E-state index in [4.69, 9.17) is 4.74 Å². The van der Waals surface area contributed by atoms with Gasteiger partial charge >= 0.3 is 0 Å². The number of allylic oxidation sites excluding steroid dienone is 2. The van der Waals surface area contributed by atoms with Crippen LogP contribution in [-0.2, 0) is 9.53 Å². The second kappa shape index (κ2) is 4.45. The van der Waals surface area contributed by atoms with Gasteiger partial charge in [0.15, 0.2) is 11.9 Å².